The van der Waals surface area contributed by atoms with Gasteiger partial charge in [0.1, 0.15) is 12.7 Å². The van der Waals surface area contributed by atoms with E-state index in [9.17, 15) is 14.4 Å². The van der Waals surface area contributed by atoms with Crippen LogP contribution in [0.3, 0.4) is 0 Å². The Morgan fingerprint density at radius 3 is 2.75 bits per heavy atom. The van der Waals surface area contributed by atoms with Gasteiger partial charge in [0.25, 0.3) is 5.56 Å². The number of benzene rings is 1. The van der Waals surface area contributed by atoms with E-state index in [2.05, 4.69) is 25.4 Å². The van der Waals surface area contributed by atoms with Crippen molar-refractivity contribution in [1.82, 2.24) is 29.3 Å². The van der Waals surface area contributed by atoms with Crippen molar-refractivity contribution >= 4 is 22.5 Å². The fourth-order valence-electron chi connectivity index (χ4n) is 2.82. The van der Waals surface area contributed by atoms with Crippen LogP contribution in [0.2, 0.25) is 0 Å². The highest BCUT2D eigenvalue weighted by Gasteiger charge is 2.09. The van der Waals surface area contributed by atoms with Gasteiger partial charge < -0.3 is 5.32 Å². The monoisotopic (exact) mass is 377 g/mol. The fraction of sp³-hybridized carbons (Fsp3) is 0.111. The molecule has 4 rings (SSSR count). The van der Waals surface area contributed by atoms with Gasteiger partial charge in [-0.2, -0.15) is 5.10 Å². The van der Waals surface area contributed by atoms with Crippen molar-refractivity contribution < 1.29 is 4.79 Å². The maximum absolute atomic E-state index is 12.3. The number of fused-ring (bicyclic) bond motifs is 1. The lowest BCUT2D eigenvalue weighted by molar-refractivity contribution is -0.116. The molecule has 0 atom stereocenters. The van der Waals surface area contributed by atoms with Crippen LogP contribution >= 0.6 is 0 Å². The zero-order valence-corrected chi connectivity index (χ0v) is 14.6. The van der Waals surface area contributed by atoms with Gasteiger partial charge >= 0.3 is 5.69 Å². The normalized spacial score (nSPS) is 10.9. The summed E-state index contributed by atoms with van der Waals surface area (Å²) >= 11 is 0. The van der Waals surface area contributed by atoms with Crippen LogP contribution in [-0.4, -0.2) is 35.2 Å². The van der Waals surface area contributed by atoms with Gasteiger partial charge in [-0.25, -0.2) is 19.4 Å². The molecule has 140 valence electrons. The molecule has 0 aliphatic heterocycles. The number of carbonyl (C=O) groups is 1. The minimum absolute atomic E-state index is 0.0563. The summed E-state index contributed by atoms with van der Waals surface area (Å²) in [5.74, 6) is 0.291. The first-order chi connectivity index (χ1) is 13.6. The van der Waals surface area contributed by atoms with Gasteiger partial charge in [0.05, 0.1) is 22.8 Å². The van der Waals surface area contributed by atoms with Crippen molar-refractivity contribution in [3.05, 3.63) is 76.1 Å². The predicted octanol–water partition coefficient (Wildman–Crippen LogP) is 0.694. The van der Waals surface area contributed by atoms with E-state index < -0.39 is 11.2 Å². The van der Waals surface area contributed by atoms with E-state index in [1.54, 1.807) is 36.4 Å². The fourth-order valence-corrected chi connectivity index (χ4v) is 2.82. The summed E-state index contributed by atoms with van der Waals surface area (Å²) in [4.78, 5) is 46.6. The number of carbonyl (C=O) groups excluding carboxylic acids is 1. The molecule has 4 aromatic rings. The number of nitrogens with one attached hydrogen (secondary N) is 2. The molecule has 10 nitrogen and oxygen atoms in total. The molecular weight excluding hydrogens is 362 g/mol. The standard InChI is InChI=1S/C18H15N7O3/c26-16(22-12-5-6-15(20-9-12)25-11-19-10-21-25)7-8-24-14-4-2-1-3-13(14)17(27)23-18(24)28/h1-6,9-11H,7-8H2,(H,22,26)(H,23,27,28). The second kappa shape index (κ2) is 7.27. The number of H-pyrrole nitrogens is 1. The van der Waals surface area contributed by atoms with Crippen LogP contribution in [-0.2, 0) is 11.3 Å². The Labute approximate surface area is 157 Å². The number of rotatable bonds is 5. The molecule has 3 aromatic heterocycles. The summed E-state index contributed by atoms with van der Waals surface area (Å²) in [6.07, 6.45) is 4.49. The number of hydrogen-bond donors (Lipinski definition) is 2. The van der Waals surface area contributed by atoms with Crippen molar-refractivity contribution in [2.24, 2.45) is 0 Å². The van der Waals surface area contributed by atoms with Crippen LogP contribution in [0.4, 0.5) is 5.69 Å². The molecule has 0 saturated carbocycles. The Balaban J connectivity index is 1.46. The summed E-state index contributed by atoms with van der Waals surface area (Å²) in [5.41, 5.74) is 0.0191. The number of para-hydroxylation sites is 1. The Morgan fingerprint density at radius 2 is 2.00 bits per heavy atom. The summed E-state index contributed by atoms with van der Waals surface area (Å²) in [7, 11) is 0. The molecule has 0 aliphatic rings. The average Bonchev–Trinajstić information content (AvgIpc) is 3.23. The first kappa shape index (κ1) is 17.3. The zero-order chi connectivity index (χ0) is 19.5. The molecular formula is C18H15N7O3. The number of anilines is 1. The maximum Gasteiger partial charge on any atom is 0.328 e. The number of amides is 1. The summed E-state index contributed by atoms with van der Waals surface area (Å²) < 4.78 is 2.88. The number of pyridine rings is 1. The van der Waals surface area contributed by atoms with E-state index in [-0.39, 0.29) is 18.9 Å². The SMILES string of the molecule is O=C(CCn1c(=O)[nH]c(=O)c2ccccc21)Nc1ccc(-n2cncn2)nc1. The summed E-state index contributed by atoms with van der Waals surface area (Å²) in [6, 6.07) is 10.2. The van der Waals surface area contributed by atoms with Crippen LogP contribution in [0, 0.1) is 0 Å². The first-order valence-corrected chi connectivity index (χ1v) is 8.44. The highest BCUT2D eigenvalue weighted by Crippen LogP contribution is 2.10. The van der Waals surface area contributed by atoms with Crippen molar-refractivity contribution in [3.8, 4) is 5.82 Å². The minimum atomic E-state index is -0.546. The lowest BCUT2D eigenvalue weighted by Gasteiger charge is -2.10. The van der Waals surface area contributed by atoms with E-state index in [4.69, 9.17) is 0 Å². The van der Waals surface area contributed by atoms with Crippen LogP contribution in [0.1, 0.15) is 6.42 Å². The molecule has 0 spiro atoms. The molecule has 1 amide bonds. The quantitative estimate of drug-likeness (QED) is 0.527. The van der Waals surface area contributed by atoms with Crippen molar-refractivity contribution in [3.63, 3.8) is 0 Å². The zero-order valence-electron chi connectivity index (χ0n) is 14.6. The van der Waals surface area contributed by atoms with Gasteiger partial charge in [0.2, 0.25) is 5.91 Å². The molecule has 28 heavy (non-hydrogen) atoms. The molecule has 0 fully saturated rings. The highest BCUT2D eigenvalue weighted by atomic mass is 16.2. The second-order valence-electron chi connectivity index (χ2n) is 5.97. The second-order valence-corrected chi connectivity index (χ2v) is 5.97. The number of aryl methyl sites for hydroxylation is 1. The Kier molecular flexibility index (Phi) is 4.50. The third-order valence-electron chi connectivity index (χ3n) is 4.15. The first-order valence-electron chi connectivity index (χ1n) is 8.44. The van der Waals surface area contributed by atoms with E-state index in [1.165, 1.54) is 28.1 Å². The number of nitrogens with zero attached hydrogens (tertiary/aromatic N) is 5. The van der Waals surface area contributed by atoms with Gasteiger partial charge in [-0.1, -0.05) is 12.1 Å². The van der Waals surface area contributed by atoms with Crippen LogP contribution in [0.25, 0.3) is 16.7 Å². The van der Waals surface area contributed by atoms with Crippen molar-refractivity contribution in [1.29, 1.82) is 0 Å². The third kappa shape index (κ3) is 3.43. The largest absolute Gasteiger partial charge is 0.328 e. The van der Waals surface area contributed by atoms with Gasteiger partial charge in [0.15, 0.2) is 5.82 Å². The Morgan fingerprint density at radius 1 is 1.14 bits per heavy atom. The van der Waals surface area contributed by atoms with Crippen molar-refractivity contribution in [2.45, 2.75) is 13.0 Å². The van der Waals surface area contributed by atoms with E-state index in [0.29, 0.717) is 22.4 Å². The number of aromatic nitrogens is 6. The Bertz CT molecular complexity index is 1240. The topological polar surface area (TPSA) is 128 Å². The molecule has 0 radical (unpaired) electrons. The number of aromatic amines is 1. The van der Waals surface area contributed by atoms with Crippen LogP contribution < -0.4 is 16.6 Å². The van der Waals surface area contributed by atoms with E-state index in [0.717, 1.165) is 0 Å². The molecule has 0 unspecified atom stereocenters. The van der Waals surface area contributed by atoms with Gasteiger partial charge in [-0.15, -0.1) is 0 Å². The Hall–Kier alpha value is -4.08. The van der Waals surface area contributed by atoms with Crippen LogP contribution in [0.15, 0.2) is 64.8 Å². The van der Waals surface area contributed by atoms with Crippen LogP contribution in [0.5, 0.6) is 0 Å². The third-order valence-corrected chi connectivity index (χ3v) is 4.15. The van der Waals surface area contributed by atoms with Gasteiger partial charge in [0, 0.05) is 13.0 Å². The highest BCUT2D eigenvalue weighted by molar-refractivity contribution is 5.90. The molecule has 10 heteroatoms. The van der Waals surface area contributed by atoms with Gasteiger partial charge in [-0.05, 0) is 24.3 Å². The summed E-state index contributed by atoms with van der Waals surface area (Å²) in [6.45, 7) is 0.131. The van der Waals surface area contributed by atoms with Gasteiger partial charge in [-0.3, -0.25) is 19.1 Å². The van der Waals surface area contributed by atoms with E-state index >= 15 is 0 Å². The maximum atomic E-state index is 12.3. The lowest BCUT2D eigenvalue weighted by atomic mass is 10.2. The lowest BCUT2D eigenvalue weighted by Crippen LogP contribution is -2.31. The molecule has 2 N–H and O–H groups in total. The number of hydrogen-bond acceptors (Lipinski definition) is 6. The van der Waals surface area contributed by atoms with Crippen molar-refractivity contribution in [2.75, 3.05) is 5.32 Å². The summed E-state index contributed by atoms with van der Waals surface area (Å²) in [5, 5.41) is 7.11. The molecule has 0 bridgehead atoms. The molecule has 0 saturated heterocycles. The molecule has 3 heterocycles. The average molecular weight is 377 g/mol. The minimum Gasteiger partial charge on any atom is -0.325 e. The predicted molar refractivity (Wildman–Crippen MR) is 101 cm³/mol. The molecule has 1 aromatic carbocycles. The smallest absolute Gasteiger partial charge is 0.325 e. The molecule has 0 aliphatic carbocycles. The van der Waals surface area contributed by atoms with E-state index in [1.807, 2.05) is 0 Å².